The van der Waals surface area contributed by atoms with Crippen molar-refractivity contribution in [2.45, 2.75) is 39.5 Å². The van der Waals surface area contributed by atoms with Crippen LogP contribution in [0.25, 0.3) is 11.0 Å². The quantitative estimate of drug-likeness (QED) is 0.386. The first kappa shape index (κ1) is 21.9. The van der Waals surface area contributed by atoms with Crippen LogP contribution in [0.5, 0.6) is 5.75 Å². The molecule has 3 rings (SSSR count). The Bertz CT molecular complexity index is 1070. The summed E-state index contributed by atoms with van der Waals surface area (Å²) >= 11 is 5.84. The molecule has 0 fully saturated rings. The third kappa shape index (κ3) is 5.86. The van der Waals surface area contributed by atoms with Crippen LogP contribution >= 0.6 is 11.6 Å². The molecule has 2 aromatic carbocycles. The number of amides is 1. The molecule has 0 unspecified atom stereocenters. The van der Waals surface area contributed by atoms with Crippen LogP contribution < -0.4 is 15.7 Å². The molecule has 0 bridgehead atoms. The Morgan fingerprint density at radius 3 is 2.63 bits per heavy atom. The number of fused-ring (bicyclic) bond motifs is 1. The van der Waals surface area contributed by atoms with Gasteiger partial charge in [0.05, 0.1) is 6.61 Å². The largest absolute Gasteiger partial charge is 0.494 e. The molecule has 6 heteroatoms. The SMILES string of the molecule is Cc1ccc2c(C)c(CCC(=O)NCCCCOc3ccc(Cl)cc3)c(=O)oc2c1. The number of unbranched alkanes of at least 4 members (excludes halogenated alkanes) is 1. The number of rotatable bonds is 9. The van der Waals surface area contributed by atoms with E-state index in [1.54, 1.807) is 12.1 Å². The molecule has 0 saturated heterocycles. The maximum atomic E-state index is 12.3. The summed E-state index contributed by atoms with van der Waals surface area (Å²) in [5.41, 5.74) is 2.71. The number of nitrogens with one attached hydrogen (secondary N) is 1. The molecule has 3 aromatic rings. The number of ether oxygens (including phenoxy) is 1. The predicted molar refractivity (Wildman–Crippen MR) is 119 cm³/mol. The van der Waals surface area contributed by atoms with Gasteiger partial charge in [0.15, 0.2) is 0 Å². The van der Waals surface area contributed by atoms with E-state index in [1.807, 2.05) is 44.2 Å². The molecule has 0 radical (unpaired) electrons. The average molecular weight is 428 g/mol. The highest BCUT2D eigenvalue weighted by Gasteiger charge is 2.13. The summed E-state index contributed by atoms with van der Waals surface area (Å²) in [5, 5.41) is 4.49. The third-order valence-electron chi connectivity index (χ3n) is 5.02. The lowest BCUT2D eigenvalue weighted by Crippen LogP contribution is -2.25. The van der Waals surface area contributed by atoms with Crippen LogP contribution in [0.15, 0.2) is 51.7 Å². The topological polar surface area (TPSA) is 68.5 Å². The van der Waals surface area contributed by atoms with Gasteiger partial charge in [-0.05, 0) is 74.6 Å². The van der Waals surface area contributed by atoms with Gasteiger partial charge in [0.25, 0.3) is 0 Å². The maximum Gasteiger partial charge on any atom is 0.339 e. The second-order valence-corrected chi connectivity index (χ2v) is 7.79. The van der Waals surface area contributed by atoms with Gasteiger partial charge in [-0.25, -0.2) is 4.79 Å². The smallest absolute Gasteiger partial charge is 0.339 e. The Morgan fingerprint density at radius 2 is 1.87 bits per heavy atom. The van der Waals surface area contributed by atoms with Gasteiger partial charge in [-0.15, -0.1) is 0 Å². The van der Waals surface area contributed by atoms with Crippen molar-refractivity contribution >= 4 is 28.5 Å². The van der Waals surface area contributed by atoms with Crippen molar-refractivity contribution in [3.05, 3.63) is 74.6 Å². The van der Waals surface area contributed by atoms with Crippen molar-refractivity contribution in [2.75, 3.05) is 13.2 Å². The van der Waals surface area contributed by atoms with E-state index in [2.05, 4.69) is 5.32 Å². The van der Waals surface area contributed by atoms with Crippen molar-refractivity contribution in [3.8, 4) is 5.75 Å². The zero-order valence-electron chi connectivity index (χ0n) is 17.3. The second kappa shape index (κ2) is 10.3. The van der Waals surface area contributed by atoms with Gasteiger partial charge >= 0.3 is 5.63 Å². The predicted octanol–water partition coefficient (Wildman–Crippen LogP) is 4.97. The molecule has 1 aromatic heterocycles. The minimum Gasteiger partial charge on any atom is -0.494 e. The Kier molecular flexibility index (Phi) is 7.52. The molecule has 0 atom stereocenters. The molecule has 0 aliphatic rings. The average Bonchev–Trinajstić information content (AvgIpc) is 2.71. The van der Waals surface area contributed by atoms with Gasteiger partial charge in [0, 0.05) is 28.9 Å². The zero-order chi connectivity index (χ0) is 21.5. The number of hydrogen-bond acceptors (Lipinski definition) is 4. The molecule has 1 amide bonds. The number of hydrogen-bond donors (Lipinski definition) is 1. The van der Waals surface area contributed by atoms with Gasteiger partial charge in [0.2, 0.25) is 5.91 Å². The first-order valence-electron chi connectivity index (χ1n) is 10.1. The van der Waals surface area contributed by atoms with E-state index in [0.29, 0.717) is 35.7 Å². The Labute approximate surface area is 181 Å². The lowest BCUT2D eigenvalue weighted by Gasteiger charge is -2.09. The molecular weight excluding hydrogens is 402 g/mol. The lowest BCUT2D eigenvalue weighted by molar-refractivity contribution is -0.121. The summed E-state index contributed by atoms with van der Waals surface area (Å²) in [6, 6.07) is 13.0. The molecule has 0 spiro atoms. The molecule has 5 nitrogen and oxygen atoms in total. The number of carbonyl (C=O) groups is 1. The van der Waals surface area contributed by atoms with E-state index < -0.39 is 0 Å². The minimum atomic E-state index is -0.363. The number of aryl methyl sites for hydroxylation is 2. The molecule has 158 valence electrons. The highest BCUT2D eigenvalue weighted by atomic mass is 35.5. The fourth-order valence-corrected chi connectivity index (χ4v) is 3.42. The molecule has 0 aliphatic carbocycles. The summed E-state index contributed by atoms with van der Waals surface area (Å²) in [4.78, 5) is 24.5. The normalized spacial score (nSPS) is 10.9. The minimum absolute atomic E-state index is 0.0728. The fourth-order valence-electron chi connectivity index (χ4n) is 3.29. The number of benzene rings is 2. The molecule has 30 heavy (non-hydrogen) atoms. The van der Waals surface area contributed by atoms with Crippen LogP contribution in [-0.2, 0) is 11.2 Å². The van der Waals surface area contributed by atoms with E-state index >= 15 is 0 Å². The number of halogens is 1. The highest BCUT2D eigenvalue weighted by molar-refractivity contribution is 6.30. The Hall–Kier alpha value is -2.79. The van der Waals surface area contributed by atoms with Crippen LogP contribution in [0, 0.1) is 13.8 Å². The number of carbonyl (C=O) groups excluding carboxylic acids is 1. The molecule has 0 saturated carbocycles. The van der Waals surface area contributed by atoms with Gasteiger partial charge in [-0.3, -0.25) is 4.79 Å². The van der Waals surface area contributed by atoms with Crippen LogP contribution in [0.2, 0.25) is 5.02 Å². The van der Waals surface area contributed by atoms with Crippen molar-refractivity contribution < 1.29 is 13.9 Å². The maximum absolute atomic E-state index is 12.3. The van der Waals surface area contributed by atoms with Crippen LogP contribution in [0.1, 0.15) is 36.0 Å². The van der Waals surface area contributed by atoms with Crippen molar-refractivity contribution in [3.63, 3.8) is 0 Å². The summed E-state index contributed by atoms with van der Waals surface area (Å²) in [6.45, 7) is 5.01. The first-order chi connectivity index (χ1) is 14.4. The molecule has 0 aliphatic heterocycles. The summed E-state index contributed by atoms with van der Waals surface area (Å²) in [6.07, 6.45) is 2.26. The van der Waals surface area contributed by atoms with Gasteiger partial charge in [0.1, 0.15) is 11.3 Å². The Balaban J connectivity index is 1.41. The first-order valence-corrected chi connectivity index (χ1v) is 10.5. The summed E-state index contributed by atoms with van der Waals surface area (Å²) in [7, 11) is 0. The van der Waals surface area contributed by atoms with E-state index in [0.717, 1.165) is 35.1 Å². The molecule has 1 heterocycles. The lowest BCUT2D eigenvalue weighted by atomic mass is 10.0. The third-order valence-corrected chi connectivity index (χ3v) is 5.27. The van der Waals surface area contributed by atoms with Gasteiger partial charge in [-0.2, -0.15) is 0 Å². The van der Waals surface area contributed by atoms with Crippen molar-refractivity contribution in [1.29, 1.82) is 0 Å². The van der Waals surface area contributed by atoms with E-state index in [1.165, 1.54) is 0 Å². The van der Waals surface area contributed by atoms with E-state index in [-0.39, 0.29) is 18.0 Å². The highest BCUT2D eigenvalue weighted by Crippen LogP contribution is 2.21. The molecular formula is C24H26ClNO4. The summed E-state index contributed by atoms with van der Waals surface area (Å²) in [5.74, 6) is 0.708. The monoisotopic (exact) mass is 427 g/mol. The Morgan fingerprint density at radius 1 is 1.10 bits per heavy atom. The van der Waals surface area contributed by atoms with Crippen LogP contribution in [0.4, 0.5) is 0 Å². The van der Waals surface area contributed by atoms with E-state index in [9.17, 15) is 9.59 Å². The summed E-state index contributed by atoms with van der Waals surface area (Å²) < 4.78 is 11.1. The van der Waals surface area contributed by atoms with Crippen LogP contribution in [-0.4, -0.2) is 19.1 Å². The zero-order valence-corrected chi connectivity index (χ0v) is 18.1. The van der Waals surface area contributed by atoms with Gasteiger partial charge in [-0.1, -0.05) is 23.7 Å². The molecule has 1 N–H and O–H groups in total. The second-order valence-electron chi connectivity index (χ2n) is 7.35. The van der Waals surface area contributed by atoms with Gasteiger partial charge < -0.3 is 14.5 Å². The van der Waals surface area contributed by atoms with Crippen molar-refractivity contribution in [1.82, 2.24) is 5.32 Å². The standard InChI is InChI=1S/C24H26ClNO4/c1-16-5-10-20-17(2)21(24(28)30-22(20)15-16)11-12-23(27)26-13-3-4-14-29-19-8-6-18(25)7-9-19/h5-10,15H,3-4,11-14H2,1-2H3,(H,26,27). The van der Waals surface area contributed by atoms with Crippen molar-refractivity contribution in [2.24, 2.45) is 0 Å². The van der Waals surface area contributed by atoms with Crippen LogP contribution in [0.3, 0.4) is 0 Å². The fraction of sp³-hybridized carbons (Fsp3) is 0.333. The van der Waals surface area contributed by atoms with E-state index in [4.69, 9.17) is 20.8 Å².